The molecule has 0 fully saturated rings. The van der Waals surface area contributed by atoms with Gasteiger partial charge >= 0.3 is 5.69 Å². The number of hydrogen-bond acceptors (Lipinski definition) is 1. The quantitative estimate of drug-likeness (QED) is 0.494. The molecule has 3 aromatic rings. The first-order valence-corrected chi connectivity index (χ1v) is 8.78. The highest BCUT2D eigenvalue weighted by atomic mass is 79.9. The largest absolute Gasteiger partial charge is 0.323 e. The van der Waals surface area contributed by atoms with Gasteiger partial charge in [-0.15, -0.1) is 0 Å². The summed E-state index contributed by atoms with van der Waals surface area (Å²) in [6.07, 6.45) is 0. The lowest BCUT2D eigenvalue weighted by Crippen LogP contribution is -1.99. The Hall–Kier alpha value is -0.850. The minimum atomic E-state index is -0.197. The summed E-state index contributed by atoms with van der Waals surface area (Å²) in [4.78, 5) is 17.0. The third kappa shape index (κ3) is 2.76. The molecule has 1 aromatic heterocycles. The lowest BCUT2D eigenvalue weighted by atomic mass is 10.0. The average Bonchev–Trinajstić information content (AvgIpc) is 2.79. The van der Waals surface area contributed by atoms with Gasteiger partial charge in [0.15, 0.2) is 0 Å². The zero-order chi connectivity index (χ0) is 15.1. The van der Waals surface area contributed by atoms with Gasteiger partial charge in [0, 0.05) is 8.95 Å². The van der Waals surface area contributed by atoms with Crippen molar-refractivity contribution in [2.24, 2.45) is 0 Å². The molecule has 1 unspecified atom stereocenters. The van der Waals surface area contributed by atoms with Crippen LogP contribution in [-0.4, -0.2) is 9.97 Å². The third-order valence-electron chi connectivity index (χ3n) is 3.40. The summed E-state index contributed by atoms with van der Waals surface area (Å²) in [5, 5.41) is 0. The van der Waals surface area contributed by atoms with E-state index in [1.165, 1.54) is 5.56 Å². The van der Waals surface area contributed by atoms with E-state index in [9.17, 15) is 4.79 Å². The molecule has 108 valence electrons. The molecule has 0 amide bonds. The normalized spacial score (nSPS) is 12.8. The van der Waals surface area contributed by atoms with Crippen LogP contribution in [-0.2, 0) is 0 Å². The van der Waals surface area contributed by atoms with Crippen molar-refractivity contribution in [2.75, 3.05) is 0 Å². The van der Waals surface area contributed by atoms with Crippen molar-refractivity contribution >= 4 is 58.8 Å². The number of nitrogens with one attached hydrogen (secondary N) is 2. The maximum atomic E-state index is 11.4. The van der Waals surface area contributed by atoms with Gasteiger partial charge in [-0.2, -0.15) is 0 Å². The summed E-state index contributed by atoms with van der Waals surface area (Å²) in [5.74, 6) is 0. The van der Waals surface area contributed by atoms with Gasteiger partial charge in [0.1, 0.15) is 0 Å². The molecule has 3 nitrogen and oxygen atoms in total. The Kier molecular flexibility index (Phi) is 4.12. The van der Waals surface area contributed by atoms with Gasteiger partial charge in [-0.3, -0.25) is 0 Å². The van der Waals surface area contributed by atoms with Crippen LogP contribution in [0.2, 0.25) is 0 Å². The zero-order valence-corrected chi connectivity index (χ0v) is 15.8. The molecular weight excluding hydrogens is 464 g/mol. The van der Waals surface area contributed by atoms with Crippen LogP contribution in [0, 0.1) is 6.92 Å². The summed E-state index contributed by atoms with van der Waals surface area (Å²) in [6, 6.07) is 10.1. The summed E-state index contributed by atoms with van der Waals surface area (Å²) >= 11 is 11.0. The fourth-order valence-corrected chi connectivity index (χ4v) is 4.74. The Bertz CT molecular complexity index is 882. The van der Waals surface area contributed by atoms with E-state index >= 15 is 0 Å². The summed E-state index contributed by atoms with van der Waals surface area (Å²) in [6.45, 7) is 2.06. The van der Waals surface area contributed by atoms with Crippen LogP contribution in [0.1, 0.15) is 21.5 Å². The Balaban J connectivity index is 2.16. The van der Waals surface area contributed by atoms with Gasteiger partial charge in [-0.25, -0.2) is 4.79 Å². The van der Waals surface area contributed by atoms with Gasteiger partial charge < -0.3 is 9.97 Å². The number of imidazole rings is 1. The third-order valence-corrected chi connectivity index (χ3v) is 6.16. The van der Waals surface area contributed by atoms with E-state index in [4.69, 9.17) is 0 Å². The molecule has 0 aliphatic rings. The second-order valence-corrected chi connectivity index (χ2v) is 7.40. The van der Waals surface area contributed by atoms with Crippen molar-refractivity contribution < 1.29 is 0 Å². The van der Waals surface area contributed by atoms with Crippen molar-refractivity contribution in [1.29, 1.82) is 0 Å². The second kappa shape index (κ2) is 5.74. The van der Waals surface area contributed by atoms with Crippen molar-refractivity contribution in [3.63, 3.8) is 0 Å². The highest BCUT2D eigenvalue weighted by molar-refractivity contribution is 9.11. The SMILES string of the molecule is Cc1cccc(C(Br)c2cc3[nH]c(=O)[nH]c3cc2Br)c1Br. The molecule has 0 saturated heterocycles. The molecule has 0 bridgehead atoms. The maximum absolute atomic E-state index is 11.4. The number of aromatic nitrogens is 2. The van der Waals surface area contributed by atoms with Crippen LogP contribution in [0.25, 0.3) is 11.0 Å². The summed E-state index contributed by atoms with van der Waals surface area (Å²) < 4.78 is 2.03. The lowest BCUT2D eigenvalue weighted by molar-refractivity contribution is 1.14. The molecule has 2 aromatic carbocycles. The number of aryl methyl sites for hydroxylation is 1. The Morgan fingerprint density at radius 3 is 2.43 bits per heavy atom. The highest BCUT2D eigenvalue weighted by Crippen LogP contribution is 2.40. The van der Waals surface area contributed by atoms with Gasteiger partial charge in [0.05, 0.1) is 15.9 Å². The average molecular weight is 475 g/mol. The Morgan fingerprint density at radius 1 is 1.05 bits per heavy atom. The van der Waals surface area contributed by atoms with Gasteiger partial charge in [0.25, 0.3) is 0 Å². The van der Waals surface area contributed by atoms with E-state index in [0.29, 0.717) is 0 Å². The maximum Gasteiger partial charge on any atom is 0.323 e. The van der Waals surface area contributed by atoms with Crippen LogP contribution in [0.5, 0.6) is 0 Å². The molecule has 0 radical (unpaired) electrons. The van der Waals surface area contributed by atoms with Crippen LogP contribution < -0.4 is 5.69 Å². The standard InChI is InChI=1S/C15H11Br3N2O/c1-7-3-2-4-8(13(7)17)14(18)9-5-11-12(6-10(9)16)20-15(21)19-11/h2-6,14H,1H3,(H2,19,20,21). The Morgan fingerprint density at radius 2 is 1.71 bits per heavy atom. The predicted octanol–water partition coefficient (Wildman–Crippen LogP) is 5.17. The number of benzene rings is 2. The molecule has 0 aliphatic carbocycles. The van der Waals surface area contributed by atoms with Crippen LogP contribution in [0.4, 0.5) is 0 Å². The minimum absolute atomic E-state index is 0.0175. The highest BCUT2D eigenvalue weighted by Gasteiger charge is 2.18. The predicted molar refractivity (Wildman–Crippen MR) is 96.3 cm³/mol. The van der Waals surface area contributed by atoms with Crippen molar-refractivity contribution in [3.8, 4) is 0 Å². The van der Waals surface area contributed by atoms with E-state index < -0.39 is 0 Å². The molecule has 6 heteroatoms. The first-order valence-electron chi connectivity index (χ1n) is 6.28. The fraction of sp³-hybridized carbons (Fsp3) is 0.133. The zero-order valence-electron chi connectivity index (χ0n) is 11.0. The van der Waals surface area contributed by atoms with E-state index in [0.717, 1.165) is 31.1 Å². The molecule has 21 heavy (non-hydrogen) atoms. The van der Waals surface area contributed by atoms with Gasteiger partial charge in [0.2, 0.25) is 0 Å². The van der Waals surface area contributed by atoms with E-state index in [1.54, 1.807) is 0 Å². The number of fused-ring (bicyclic) bond motifs is 1. The van der Waals surface area contributed by atoms with E-state index in [-0.39, 0.29) is 10.5 Å². The molecule has 2 N–H and O–H groups in total. The number of alkyl halides is 1. The topological polar surface area (TPSA) is 48.6 Å². The Labute approximate surface area is 146 Å². The molecule has 0 spiro atoms. The molecule has 1 heterocycles. The fourth-order valence-electron chi connectivity index (χ4n) is 2.30. The first-order chi connectivity index (χ1) is 9.97. The van der Waals surface area contributed by atoms with Crippen LogP contribution in [0.15, 0.2) is 44.1 Å². The molecule has 0 aliphatic heterocycles. The lowest BCUT2D eigenvalue weighted by Gasteiger charge is -2.16. The smallest absolute Gasteiger partial charge is 0.306 e. The summed E-state index contributed by atoms with van der Waals surface area (Å²) in [7, 11) is 0. The molecule has 0 saturated carbocycles. The van der Waals surface area contributed by atoms with Crippen LogP contribution in [0.3, 0.4) is 0 Å². The summed E-state index contributed by atoms with van der Waals surface area (Å²) in [5.41, 5.74) is 4.78. The van der Waals surface area contributed by atoms with Crippen LogP contribution >= 0.6 is 47.8 Å². The number of rotatable bonds is 2. The van der Waals surface area contributed by atoms with Crippen molar-refractivity contribution in [3.05, 3.63) is 66.5 Å². The first kappa shape index (κ1) is 15.1. The molecular formula is C15H11Br3N2O. The molecule has 1 atom stereocenters. The monoisotopic (exact) mass is 472 g/mol. The van der Waals surface area contributed by atoms with Gasteiger partial charge in [-0.1, -0.05) is 66.0 Å². The minimum Gasteiger partial charge on any atom is -0.306 e. The van der Waals surface area contributed by atoms with Gasteiger partial charge in [-0.05, 0) is 35.7 Å². The van der Waals surface area contributed by atoms with E-state index in [1.807, 2.05) is 18.2 Å². The number of halogens is 3. The van der Waals surface area contributed by atoms with Crippen molar-refractivity contribution in [2.45, 2.75) is 11.8 Å². The second-order valence-electron chi connectivity index (χ2n) is 4.84. The number of H-pyrrole nitrogens is 2. The molecule has 3 rings (SSSR count). The number of aromatic amines is 2. The van der Waals surface area contributed by atoms with Crippen molar-refractivity contribution in [1.82, 2.24) is 9.97 Å². The number of hydrogen-bond donors (Lipinski definition) is 2. The van der Waals surface area contributed by atoms with E-state index in [2.05, 4.69) is 76.8 Å².